The van der Waals surface area contributed by atoms with Gasteiger partial charge in [-0.05, 0) is 30.5 Å². The molecule has 0 spiro atoms. The van der Waals surface area contributed by atoms with Crippen LogP contribution in [-0.2, 0) is 24.4 Å². The molecule has 106 valence electrons. The van der Waals surface area contributed by atoms with E-state index in [0.717, 1.165) is 23.7 Å². The van der Waals surface area contributed by atoms with E-state index in [4.69, 9.17) is 10.6 Å². The van der Waals surface area contributed by atoms with Gasteiger partial charge in [0.15, 0.2) is 0 Å². The Kier molecular flexibility index (Phi) is 3.85. The molecule has 1 aromatic carbocycles. The molecule has 0 amide bonds. The molecule has 0 aliphatic carbocycles. The monoisotopic (exact) mass is 289 g/mol. The van der Waals surface area contributed by atoms with Crippen molar-refractivity contribution in [3.05, 3.63) is 50.5 Å². The summed E-state index contributed by atoms with van der Waals surface area (Å²) in [5, 5.41) is 1.12. The first-order valence-electron chi connectivity index (χ1n) is 6.76. The molecule has 1 aromatic heterocycles. The van der Waals surface area contributed by atoms with Crippen molar-refractivity contribution in [1.29, 1.82) is 0 Å². The van der Waals surface area contributed by atoms with Crippen LogP contribution < -0.4 is 11.3 Å². The van der Waals surface area contributed by atoms with E-state index in [9.17, 15) is 0 Å². The minimum Gasteiger partial charge on any atom is -0.372 e. The highest BCUT2D eigenvalue weighted by molar-refractivity contribution is 7.11. The van der Waals surface area contributed by atoms with Crippen LogP contribution in [0, 0.1) is 13.8 Å². The van der Waals surface area contributed by atoms with Gasteiger partial charge in [-0.1, -0.05) is 18.2 Å². The van der Waals surface area contributed by atoms with Crippen LogP contribution in [0.5, 0.6) is 0 Å². The van der Waals surface area contributed by atoms with Gasteiger partial charge >= 0.3 is 0 Å². The lowest BCUT2D eigenvalue weighted by Gasteiger charge is -2.16. The number of ether oxygens (including phenoxy) is 1. The molecular weight excluding hydrogens is 270 g/mol. The third-order valence-electron chi connectivity index (χ3n) is 3.80. The fraction of sp³-hybridized carbons (Fsp3) is 0.400. The summed E-state index contributed by atoms with van der Waals surface area (Å²) in [5.41, 5.74) is 7.78. The first-order chi connectivity index (χ1) is 9.67. The third-order valence-corrected chi connectivity index (χ3v) is 4.90. The minimum absolute atomic E-state index is 0.0887. The molecule has 2 aromatic rings. The van der Waals surface area contributed by atoms with Crippen LogP contribution in [0.3, 0.4) is 0 Å². The Bertz CT molecular complexity index is 604. The van der Waals surface area contributed by atoms with Gasteiger partial charge in [0.25, 0.3) is 0 Å². The van der Waals surface area contributed by atoms with E-state index in [1.807, 2.05) is 6.92 Å². The first kappa shape index (κ1) is 13.7. The molecule has 1 atom stereocenters. The zero-order chi connectivity index (χ0) is 14.1. The highest BCUT2D eigenvalue weighted by atomic mass is 32.1. The molecular formula is C15H19N3OS. The van der Waals surface area contributed by atoms with E-state index < -0.39 is 0 Å². The van der Waals surface area contributed by atoms with Crippen molar-refractivity contribution >= 4 is 11.3 Å². The van der Waals surface area contributed by atoms with Gasteiger partial charge in [-0.25, -0.2) is 4.98 Å². The van der Waals surface area contributed by atoms with Crippen molar-refractivity contribution in [2.75, 3.05) is 0 Å². The second kappa shape index (κ2) is 5.61. The second-order valence-corrected chi connectivity index (χ2v) is 6.48. The number of nitrogens with one attached hydrogen (secondary N) is 1. The molecule has 0 saturated carbocycles. The summed E-state index contributed by atoms with van der Waals surface area (Å²) in [6.45, 7) is 5.58. The maximum atomic E-state index is 5.74. The maximum Gasteiger partial charge on any atom is 0.0950 e. The minimum atomic E-state index is 0.0887. The normalized spacial score (nSPS) is 15.3. The van der Waals surface area contributed by atoms with E-state index in [2.05, 4.69) is 35.5 Å². The molecule has 5 heteroatoms. The molecule has 20 heavy (non-hydrogen) atoms. The van der Waals surface area contributed by atoms with Crippen LogP contribution in [-0.4, -0.2) is 4.98 Å². The fourth-order valence-electron chi connectivity index (χ4n) is 2.48. The smallest absolute Gasteiger partial charge is 0.0950 e. The van der Waals surface area contributed by atoms with E-state index in [1.54, 1.807) is 11.3 Å². The summed E-state index contributed by atoms with van der Waals surface area (Å²) < 4.78 is 5.46. The van der Waals surface area contributed by atoms with Crippen LogP contribution in [0.1, 0.15) is 38.3 Å². The molecule has 3 rings (SSSR count). The number of hydrazine groups is 1. The molecule has 1 aliphatic rings. The van der Waals surface area contributed by atoms with E-state index in [-0.39, 0.29) is 6.04 Å². The zero-order valence-electron chi connectivity index (χ0n) is 11.8. The predicted octanol–water partition coefficient (Wildman–Crippen LogP) is 2.54. The largest absolute Gasteiger partial charge is 0.372 e. The van der Waals surface area contributed by atoms with Crippen molar-refractivity contribution in [2.45, 2.75) is 39.5 Å². The summed E-state index contributed by atoms with van der Waals surface area (Å²) in [6.07, 6.45) is 0.815. The van der Waals surface area contributed by atoms with Crippen LogP contribution in [0.15, 0.2) is 18.2 Å². The molecule has 0 radical (unpaired) electrons. The lowest BCUT2D eigenvalue weighted by atomic mass is 9.99. The van der Waals surface area contributed by atoms with E-state index in [1.165, 1.54) is 21.6 Å². The lowest BCUT2D eigenvalue weighted by molar-refractivity contribution is 0.134. The van der Waals surface area contributed by atoms with Gasteiger partial charge < -0.3 is 4.74 Å². The highest BCUT2D eigenvalue weighted by Gasteiger charge is 2.17. The number of nitrogens with two attached hydrogens (primary N) is 1. The van der Waals surface area contributed by atoms with Crippen LogP contribution in [0.25, 0.3) is 0 Å². The molecule has 0 saturated heterocycles. The summed E-state index contributed by atoms with van der Waals surface area (Å²) in [5.74, 6) is 5.74. The van der Waals surface area contributed by atoms with Gasteiger partial charge in [-0.15, -0.1) is 11.3 Å². The number of aryl methyl sites for hydroxylation is 2. The van der Waals surface area contributed by atoms with Gasteiger partial charge in [0.2, 0.25) is 0 Å². The number of aromatic nitrogens is 1. The number of benzene rings is 1. The van der Waals surface area contributed by atoms with E-state index >= 15 is 0 Å². The summed E-state index contributed by atoms with van der Waals surface area (Å²) in [7, 11) is 0. The molecule has 4 nitrogen and oxygen atoms in total. The number of hydrogen-bond acceptors (Lipinski definition) is 5. The Morgan fingerprint density at radius 1 is 1.35 bits per heavy atom. The van der Waals surface area contributed by atoms with Gasteiger partial charge in [0.1, 0.15) is 0 Å². The SMILES string of the molecule is Cc1nc(CC(NN)c2ccc3c(c2)COC3)sc1C. The Morgan fingerprint density at radius 2 is 2.15 bits per heavy atom. The third kappa shape index (κ3) is 2.62. The Labute approximate surface area is 123 Å². The van der Waals surface area contributed by atoms with Crippen LogP contribution >= 0.6 is 11.3 Å². The summed E-state index contributed by atoms with van der Waals surface area (Å²) in [6, 6.07) is 6.55. The molecule has 0 fully saturated rings. The number of fused-ring (bicyclic) bond motifs is 1. The number of hydrogen-bond donors (Lipinski definition) is 2. The van der Waals surface area contributed by atoms with Crippen LogP contribution in [0.4, 0.5) is 0 Å². The topological polar surface area (TPSA) is 60.2 Å². The van der Waals surface area contributed by atoms with Gasteiger partial charge in [-0.2, -0.15) is 0 Å². The van der Waals surface area contributed by atoms with Gasteiger partial charge in [0.05, 0.1) is 30.0 Å². The van der Waals surface area contributed by atoms with Crippen molar-refractivity contribution in [1.82, 2.24) is 10.4 Å². The Hall–Kier alpha value is -1.27. The highest BCUT2D eigenvalue weighted by Crippen LogP contribution is 2.27. The maximum absolute atomic E-state index is 5.74. The van der Waals surface area contributed by atoms with Crippen molar-refractivity contribution in [2.24, 2.45) is 5.84 Å². The molecule has 3 N–H and O–H groups in total. The standard InChI is InChI=1S/C15H19N3OS/c1-9-10(2)20-15(17-9)6-14(18-16)11-3-4-12-7-19-8-13(12)5-11/h3-5,14,18H,6-8,16H2,1-2H3. The zero-order valence-corrected chi connectivity index (χ0v) is 12.6. The predicted molar refractivity (Wildman–Crippen MR) is 80.3 cm³/mol. The molecule has 2 heterocycles. The van der Waals surface area contributed by atoms with Crippen molar-refractivity contribution in [3.8, 4) is 0 Å². The first-order valence-corrected chi connectivity index (χ1v) is 7.57. The van der Waals surface area contributed by atoms with Crippen LogP contribution in [0.2, 0.25) is 0 Å². The van der Waals surface area contributed by atoms with Gasteiger partial charge in [0, 0.05) is 11.3 Å². The van der Waals surface area contributed by atoms with Crippen molar-refractivity contribution in [3.63, 3.8) is 0 Å². The van der Waals surface area contributed by atoms with Crippen molar-refractivity contribution < 1.29 is 4.74 Å². The summed E-state index contributed by atoms with van der Waals surface area (Å²) >= 11 is 1.75. The lowest BCUT2D eigenvalue weighted by Crippen LogP contribution is -2.29. The van der Waals surface area contributed by atoms with Gasteiger partial charge in [-0.3, -0.25) is 11.3 Å². The summed E-state index contributed by atoms with van der Waals surface area (Å²) in [4.78, 5) is 5.87. The fourth-order valence-corrected chi connectivity index (χ4v) is 3.46. The number of rotatable bonds is 4. The average molecular weight is 289 g/mol. The Morgan fingerprint density at radius 3 is 2.85 bits per heavy atom. The Balaban J connectivity index is 1.82. The second-order valence-electron chi connectivity index (χ2n) is 5.19. The number of nitrogens with zero attached hydrogens (tertiary/aromatic N) is 1. The van der Waals surface area contributed by atoms with E-state index in [0.29, 0.717) is 6.61 Å². The quantitative estimate of drug-likeness (QED) is 0.671. The molecule has 1 aliphatic heterocycles. The number of thiazole rings is 1. The molecule has 0 bridgehead atoms. The molecule has 1 unspecified atom stereocenters. The average Bonchev–Trinajstić information content (AvgIpc) is 3.02.